The number of ether oxygens (including phenoxy) is 2. The first-order chi connectivity index (χ1) is 16.5. The summed E-state index contributed by atoms with van der Waals surface area (Å²) in [5, 5.41) is 10.9. The maximum absolute atomic E-state index is 5.57. The highest BCUT2D eigenvalue weighted by Crippen LogP contribution is 2.30. The maximum Gasteiger partial charge on any atom is 0.225 e. The topological polar surface area (TPSA) is 83.6 Å². The number of hydrogen-bond acceptors (Lipinski definition) is 7. The molecule has 0 amide bonds. The van der Waals surface area contributed by atoms with Gasteiger partial charge in [0.25, 0.3) is 0 Å². The molecule has 2 aromatic rings. The van der Waals surface area contributed by atoms with Crippen LogP contribution >= 0.6 is 12.2 Å². The van der Waals surface area contributed by atoms with Gasteiger partial charge in [0.05, 0.1) is 25.6 Å². The van der Waals surface area contributed by atoms with Crippen molar-refractivity contribution in [3.63, 3.8) is 0 Å². The molecule has 0 saturated heterocycles. The van der Waals surface area contributed by atoms with E-state index in [2.05, 4.69) is 34.9 Å². The van der Waals surface area contributed by atoms with Crippen LogP contribution in [0.3, 0.4) is 0 Å². The number of methoxy groups -OCH3 is 2. The van der Waals surface area contributed by atoms with Gasteiger partial charge in [-0.2, -0.15) is 4.98 Å². The summed E-state index contributed by atoms with van der Waals surface area (Å²) in [7, 11) is 7.42. The van der Waals surface area contributed by atoms with Crippen LogP contribution in [0.2, 0.25) is 0 Å². The Morgan fingerprint density at radius 2 is 1.74 bits per heavy atom. The minimum Gasteiger partial charge on any atom is -0.497 e. The fourth-order valence-corrected chi connectivity index (χ4v) is 5.11. The first-order valence-corrected chi connectivity index (χ1v) is 12.5. The second-order valence-electron chi connectivity index (χ2n) is 9.26. The molecule has 4 rings (SSSR count). The van der Waals surface area contributed by atoms with Crippen molar-refractivity contribution in [2.75, 3.05) is 43.8 Å². The summed E-state index contributed by atoms with van der Waals surface area (Å²) in [6, 6.07) is 6.31. The van der Waals surface area contributed by atoms with Gasteiger partial charge in [-0.05, 0) is 75.7 Å². The van der Waals surface area contributed by atoms with E-state index in [4.69, 9.17) is 31.7 Å². The van der Waals surface area contributed by atoms with Crippen LogP contribution in [0, 0.1) is 0 Å². The summed E-state index contributed by atoms with van der Waals surface area (Å²) in [5.41, 5.74) is 3.33. The number of nitrogens with zero attached hydrogens (tertiary/aromatic N) is 3. The lowest BCUT2D eigenvalue weighted by atomic mass is 9.91. The molecule has 2 aliphatic carbocycles. The third-order valence-corrected chi connectivity index (χ3v) is 6.86. The number of nitrogens with one attached hydrogen (secondary N) is 3. The van der Waals surface area contributed by atoms with Gasteiger partial charge >= 0.3 is 0 Å². The van der Waals surface area contributed by atoms with Gasteiger partial charge in [0.15, 0.2) is 5.11 Å². The number of fused-ring (bicyclic) bond motifs is 1. The smallest absolute Gasteiger partial charge is 0.225 e. The lowest BCUT2D eigenvalue weighted by Crippen LogP contribution is -2.42. The van der Waals surface area contributed by atoms with Crippen LogP contribution < -0.4 is 30.3 Å². The van der Waals surface area contributed by atoms with Gasteiger partial charge < -0.3 is 30.3 Å². The van der Waals surface area contributed by atoms with Crippen LogP contribution in [-0.2, 0) is 12.8 Å². The van der Waals surface area contributed by atoms with Crippen molar-refractivity contribution < 1.29 is 9.47 Å². The van der Waals surface area contributed by atoms with Crippen LogP contribution in [0.4, 0.5) is 17.5 Å². The Hall–Kier alpha value is -2.81. The molecular weight excluding hydrogens is 448 g/mol. The van der Waals surface area contributed by atoms with E-state index >= 15 is 0 Å². The molecule has 9 heteroatoms. The van der Waals surface area contributed by atoms with Gasteiger partial charge in [0, 0.05) is 37.8 Å². The Morgan fingerprint density at radius 1 is 1.00 bits per heavy atom. The number of aromatic nitrogens is 2. The third-order valence-electron chi connectivity index (χ3n) is 6.64. The Labute approximate surface area is 207 Å². The molecule has 1 saturated carbocycles. The van der Waals surface area contributed by atoms with Gasteiger partial charge in [0.2, 0.25) is 5.95 Å². The van der Waals surface area contributed by atoms with E-state index < -0.39 is 0 Å². The molecular formula is C25H36N6O2S. The minimum atomic E-state index is 0.330. The molecule has 0 spiro atoms. The molecule has 1 heterocycles. The first kappa shape index (κ1) is 24.3. The summed E-state index contributed by atoms with van der Waals surface area (Å²) in [6.45, 7) is 0. The zero-order chi connectivity index (χ0) is 24.1. The number of benzene rings is 1. The second-order valence-corrected chi connectivity index (χ2v) is 9.66. The first-order valence-electron chi connectivity index (χ1n) is 12.1. The molecule has 0 radical (unpaired) electrons. The Bertz CT molecular complexity index is 1010. The van der Waals surface area contributed by atoms with Gasteiger partial charge in [-0.1, -0.05) is 0 Å². The van der Waals surface area contributed by atoms with Gasteiger partial charge in [-0.3, -0.25) is 0 Å². The predicted molar refractivity (Wildman–Crippen MR) is 142 cm³/mol. The van der Waals surface area contributed by atoms with Crippen molar-refractivity contribution in [1.82, 2.24) is 15.3 Å². The molecule has 8 nitrogen and oxygen atoms in total. The van der Waals surface area contributed by atoms with Crippen molar-refractivity contribution in [3.8, 4) is 11.5 Å². The summed E-state index contributed by atoms with van der Waals surface area (Å²) in [4.78, 5) is 11.9. The Kier molecular flexibility index (Phi) is 7.92. The van der Waals surface area contributed by atoms with Gasteiger partial charge in [0.1, 0.15) is 17.3 Å². The van der Waals surface area contributed by atoms with E-state index in [9.17, 15) is 0 Å². The standard InChI is InChI=1S/C25H36N6O2S/c1-31(2)23-19-7-5-6-8-20(19)28-24(30-23)26-16-9-11-17(12-10-16)27-25(34)29-21-15-18(32-3)13-14-22(21)33-4/h13-17H,5-12H2,1-4H3,(H,26,28,30)(H2,27,29,34)/t16-,17+. The fourth-order valence-electron chi connectivity index (χ4n) is 4.83. The summed E-state index contributed by atoms with van der Waals surface area (Å²) in [6.07, 6.45) is 8.70. The molecule has 1 aromatic carbocycles. The zero-order valence-corrected chi connectivity index (χ0v) is 21.4. The van der Waals surface area contributed by atoms with Crippen LogP contribution in [0.15, 0.2) is 18.2 Å². The van der Waals surface area contributed by atoms with Crippen molar-refractivity contribution in [2.24, 2.45) is 0 Å². The predicted octanol–water partition coefficient (Wildman–Crippen LogP) is 4.15. The van der Waals surface area contributed by atoms with E-state index in [1.54, 1.807) is 14.2 Å². The van der Waals surface area contributed by atoms with Gasteiger partial charge in [-0.15, -0.1) is 0 Å². The number of hydrogen-bond donors (Lipinski definition) is 3. The molecule has 3 N–H and O–H groups in total. The van der Waals surface area contributed by atoms with Crippen molar-refractivity contribution in [2.45, 2.75) is 63.5 Å². The molecule has 0 unspecified atom stereocenters. The monoisotopic (exact) mass is 484 g/mol. The average Bonchev–Trinajstić information content (AvgIpc) is 2.84. The van der Waals surface area contributed by atoms with E-state index in [1.807, 2.05) is 18.2 Å². The van der Waals surface area contributed by atoms with Crippen molar-refractivity contribution in [3.05, 3.63) is 29.5 Å². The van der Waals surface area contributed by atoms with Crippen LogP contribution in [-0.4, -0.2) is 55.5 Å². The van der Waals surface area contributed by atoms with E-state index in [1.165, 1.54) is 24.1 Å². The quantitative estimate of drug-likeness (QED) is 0.502. The molecule has 1 fully saturated rings. The average molecular weight is 485 g/mol. The van der Waals surface area contributed by atoms with E-state index in [-0.39, 0.29) is 0 Å². The van der Waals surface area contributed by atoms with Gasteiger partial charge in [-0.25, -0.2) is 4.98 Å². The summed E-state index contributed by atoms with van der Waals surface area (Å²) in [5.74, 6) is 3.30. The second kappa shape index (κ2) is 11.1. The van der Waals surface area contributed by atoms with E-state index in [0.29, 0.717) is 17.2 Å². The lowest BCUT2D eigenvalue weighted by Gasteiger charge is -2.31. The highest BCUT2D eigenvalue weighted by molar-refractivity contribution is 7.80. The van der Waals surface area contributed by atoms with Crippen LogP contribution in [0.25, 0.3) is 0 Å². The van der Waals surface area contributed by atoms with Crippen LogP contribution in [0.5, 0.6) is 11.5 Å². The summed E-state index contributed by atoms with van der Waals surface area (Å²) < 4.78 is 10.8. The van der Waals surface area contributed by atoms with Crippen LogP contribution in [0.1, 0.15) is 49.8 Å². The SMILES string of the molecule is COc1ccc(OC)c(NC(=S)N[C@H]2CC[C@@H](Nc3nc4c(c(N(C)C)n3)CCCC4)CC2)c1. The third kappa shape index (κ3) is 5.81. The van der Waals surface area contributed by atoms with E-state index in [0.717, 1.165) is 67.5 Å². The van der Waals surface area contributed by atoms with Crippen molar-refractivity contribution in [1.29, 1.82) is 0 Å². The molecule has 0 atom stereocenters. The van der Waals surface area contributed by atoms with Crippen molar-refractivity contribution >= 4 is 34.8 Å². The highest BCUT2D eigenvalue weighted by atomic mass is 32.1. The number of anilines is 3. The Morgan fingerprint density at radius 3 is 2.44 bits per heavy atom. The molecule has 1 aromatic heterocycles. The maximum atomic E-state index is 5.57. The number of rotatable bonds is 7. The molecule has 0 aliphatic heterocycles. The normalized spacial score (nSPS) is 19.5. The fraction of sp³-hybridized carbons (Fsp3) is 0.560. The largest absolute Gasteiger partial charge is 0.497 e. The summed E-state index contributed by atoms with van der Waals surface area (Å²) >= 11 is 5.57. The highest BCUT2D eigenvalue weighted by Gasteiger charge is 2.24. The lowest BCUT2D eigenvalue weighted by molar-refractivity contribution is 0.387. The molecule has 34 heavy (non-hydrogen) atoms. The Balaban J connectivity index is 1.31. The number of aryl methyl sites for hydroxylation is 1. The molecule has 2 aliphatic rings. The molecule has 184 valence electrons. The zero-order valence-electron chi connectivity index (χ0n) is 20.6. The number of thiocarbonyl (C=S) groups is 1. The minimum absolute atomic E-state index is 0.330. The molecule has 0 bridgehead atoms.